The summed E-state index contributed by atoms with van der Waals surface area (Å²) >= 11 is 0. The van der Waals surface area contributed by atoms with E-state index in [9.17, 15) is 4.79 Å². The molecule has 25 heavy (non-hydrogen) atoms. The Morgan fingerprint density at radius 1 is 1.04 bits per heavy atom. The molecule has 0 amide bonds. The van der Waals surface area contributed by atoms with E-state index in [0.29, 0.717) is 34.6 Å². The van der Waals surface area contributed by atoms with Crippen LogP contribution >= 0.6 is 0 Å². The average molecular weight is 338 g/mol. The molecule has 2 aromatic carbocycles. The summed E-state index contributed by atoms with van der Waals surface area (Å²) in [7, 11) is 3.20. The van der Waals surface area contributed by atoms with E-state index in [1.54, 1.807) is 26.4 Å². The molecule has 5 heteroatoms. The monoisotopic (exact) mass is 338 g/mol. The zero-order valence-electron chi connectivity index (χ0n) is 14.1. The van der Waals surface area contributed by atoms with Gasteiger partial charge in [-0.3, -0.25) is 4.79 Å². The summed E-state index contributed by atoms with van der Waals surface area (Å²) in [5.41, 5.74) is 2.98. The van der Waals surface area contributed by atoms with Crippen molar-refractivity contribution >= 4 is 11.0 Å². The summed E-state index contributed by atoms with van der Waals surface area (Å²) < 4.78 is 22.4. The zero-order valence-corrected chi connectivity index (χ0v) is 14.1. The van der Waals surface area contributed by atoms with E-state index in [-0.39, 0.29) is 5.43 Å². The van der Waals surface area contributed by atoms with Gasteiger partial charge in [0.05, 0.1) is 31.8 Å². The van der Waals surface area contributed by atoms with Gasteiger partial charge in [0.2, 0.25) is 0 Å². The summed E-state index contributed by atoms with van der Waals surface area (Å²) in [5.74, 6) is 1.29. The quantitative estimate of drug-likeness (QED) is 0.732. The molecule has 0 N–H and O–H groups in total. The summed E-state index contributed by atoms with van der Waals surface area (Å²) in [5, 5.41) is 0.552. The van der Waals surface area contributed by atoms with Crippen LogP contribution < -0.4 is 14.9 Å². The minimum Gasteiger partial charge on any atom is -0.493 e. The molecular formula is C20H18O5. The SMILES string of the molecule is COc1cc2c(cc1OC)C(c1coc3ccccc3c1=O)OCC2. The Morgan fingerprint density at radius 2 is 1.80 bits per heavy atom. The van der Waals surface area contributed by atoms with Gasteiger partial charge in [-0.25, -0.2) is 0 Å². The summed E-state index contributed by atoms with van der Waals surface area (Å²) in [4.78, 5) is 12.9. The molecule has 0 radical (unpaired) electrons. The molecule has 2 heterocycles. The van der Waals surface area contributed by atoms with Crippen molar-refractivity contribution in [3.05, 3.63) is 69.6 Å². The normalized spacial score (nSPS) is 16.5. The Balaban J connectivity index is 1.89. The van der Waals surface area contributed by atoms with E-state index in [0.717, 1.165) is 17.5 Å². The number of fused-ring (bicyclic) bond motifs is 2. The minimum atomic E-state index is -0.482. The molecule has 4 rings (SSSR count). The van der Waals surface area contributed by atoms with Crippen LogP contribution in [-0.2, 0) is 11.2 Å². The molecule has 128 valence electrons. The third kappa shape index (κ3) is 2.57. The highest BCUT2D eigenvalue weighted by atomic mass is 16.5. The number of ether oxygens (including phenoxy) is 3. The average Bonchev–Trinajstić information content (AvgIpc) is 2.67. The second-order valence-electron chi connectivity index (χ2n) is 5.92. The smallest absolute Gasteiger partial charge is 0.198 e. The second-order valence-corrected chi connectivity index (χ2v) is 5.92. The number of methoxy groups -OCH3 is 2. The molecular weight excluding hydrogens is 320 g/mol. The minimum absolute atomic E-state index is 0.0746. The van der Waals surface area contributed by atoms with Crippen molar-refractivity contribution in [2.24, 2.45) is 0 Å². The molecule has 0 saturated heterocycles. The second kappa shape index (κ2) is 6.26. The van der Waals surface area contributed by atoms with Gasteiger partial charge in [-0.05, 0) is 41.8 Å². The lowest BCUT2D eigenvalue weighted by molar-refractivity contribution is 0.0678. The van der Waals surface area contributed by atoms with Gasteiger partial charge in [-0.2, -0.15) is 0 Å². The van der Waals surface area contributed by atoms with Crippen LogP contribution in [-0.4, -0.2) is 20.8 Å². The number of hydrogen-bond donors (Lipinski definition) is 0. The van der Waals surface area contributed by atoms with E-state index < -0.39 is 6.10 Å². The van der Waals surface area contributed by atoms with Crippen LogP contribution in [0.25, 0.3) is 11.0 Å². The van der Waals surface area contributed by atoms with Crippen LogP contribution in [0.5, 0.6) is 11.5 Å². The maximum Gasteiger partial charge on any atom is 0.198 e. The Morgan fingerprint density at radius 3 is 2.60 bits per heavy atom. The molecule has 1 atom stereocenters. The van der Waals surface area contributed by atoms with Crippen LogP contribution in [0.2, 0.25) is 0 Å². The highest BCUT2D eigenvalue weighted by Crippen LogP contribution is 2.39. The van der Waals surface area contributed by atoms with Crippen molar-refractivity contribution in [3.63, 3.8) is 0 Å². The Labute approximate surface area is 144 Å². The topological polar surface area (TPSA) is 57.9 Å². The van der Waals surface area contributed by atoms with Gasteiger partial charge in [0.1, 0.15) is 18.0 Å². The van der Waals surface area contributed by atoms with Gasteiger partial charge in [-0.15, -0.1) is 0 Å². The number of hydrogen-bond acceptors (Lipinski definition) is 5. The molecule has 5 nitrogen and oxygen atoms in total. The Hall–Kier alpha value is -2.79. The largest absolute Gasteiger partial charge is 0.493 e. The number of para-hydroxylation sites is 1. The highest BCUT2D eigenvalue weighted by molar-refractivity contribution is 5.76. The highest BCUT2D eigenvalue weighted by Gasteiger charge is 2.28. The van der Waals surface area contributed by atoms with Gasteiger partial charge in [0.25, 0.3) is 0 Å². The first-order valence-corrected chi connectivity index (χ1v) is 8.09. The molecule has 0 spiro atoms. The van der Waals surface area contributed by atoms with E-state index in [4.69, 9.17) is 18.6 Å². The van der Waals surface area contributed by atoms with Gasteiger partial charge < -0.3 is 18.6 Å². The summed E-state index contributed by atoms with van der Waals surface area (Å²) in [6.45, 7) is 0.527. The van der Waals surface area contributed by atoms with Crippen molar-refractivity contribution in [1.82, 2.24) is 0 Å². The van der Waals surface area contributed by atoms with Crippen LogP contribution in [0.3, 0.4) is 0 Å². The number of rotatable bonds is 3. The van der Waals surface area contributed by atoms with Gasteiger partial charge in [0.15, 0.2) is 16.9 Å². The first-order chi connectivity index (χ1) is 12.2. The third-order valence-corrected chi connectivity index (χ3v) is 4.57. The van der Waals surface area contributed by atoms with Crippen molar-refractivity contribution in [1.29, 1.82) is 0 Å². The molecule has 1 aliphatic heterocycles. The maximum atomic E-state index is 12.9. The van der Waals surface area contributed by atoms with Gasteiger partial charge >= 0.3 is 0 Å². The molecule has 0 fully saturated rings. The van der Waals surface area contributed by atoms with Gasteiger partial charge in [-0.1, -0.05) is 12.1 Å². The molecule has 0 aliphatic carbocycles. The van der Waals surface area contributed by atoms with Crippen LogP contribution in [0.1, 0.15) is 22.8 Å². The zero-order chi connectivity index (χ0) is 17.4. The molecule has 0 saturated carbocycles. The summed E-state index contributed by atoms with van der Waals surface area (Å²) in [6, 6.07) is 11.0. The standard InChI is InChI=1S/C20H18O5/c1-22-17-9-12-7-8-24-20(14(12)10-18(17)23-2)15-11-25-16-6-4-3-5-13(16)19(15)21/h3-6,9-11,20H,7-8H2,1-2H3. The molecule has 0 bridgehead atoms. The fourth-order valence-electron chi connectivity index (χ4n) is 3.31. The fraction of sp³-hybridized carbons (Fsp3) is 0.250. The van der Waals surface area contributed by atoms with Gasteiger partial charge in [0, 0.05) is 0 Å². The lowest BCUT2D eigenvalue weighted by Gasteiger charge is -2.27. The first-order valence-electron chi connectivity index (χ1n) is 8.09. The Bertz CT molecular complexity index is 989. The molecule has 1 aromatic heterocycles. The summed E-state index contributed by atoms with van der Waals surface area (Å²) in [6.07, 6.45) is 1.77. The lowest BCUT2D eigenvalue weighted by Crippen LogP contribution is -2.23. The van der Waals surface area contributed by atoms with Crippen molar-refractivity contribution < 1.29 is 18.6 Å². The molecule has 3 aromatic rings. The predicted molar refractivity (Wildman–Crippen MR) is 93.5 cm³/mol. The van der Waals surface area contributed by atoms with Crippen LogP contribution in [0.4, 0.5) is 0 Å². The third-order valence-electron chi connectivity index (χ3n) is 4.57. The molecule has 1 unspecified atom stereocenters. The van der Waals surface area contributed by atoms with Crippen molar-refractivity contribution in [2.75, 3.05) is 20.8 Å². The van der Waals surface area contributed by atoms with Crippen LogP contribution in [0, 0.1) is 0 Å². The fourth-order valence-corrected chi connectivity index (χ4v) is 3.31. The first kappa shape index (κ1) is 15.7. The van der Waals surface area contributed by atoms with E-state index >= 15 is 0 Å². The Kier molecular flexibility index (Phi) is 3.93. The number of benzene rings is 2. The van der Waals surface area contributed by atoms with Crippen molar-refractivity contribution in [3.8, 4) is 11.5 Å². The predicted octanol–water partition coefficient (Wildman–Crippen LogP) is 3.47. The van der Waals surface area contributed by atoms with Crippen LogP contribution in [0.15, 0.2) is 51.9 Å². The maximum absolute atomic E-state index is 12.9. The molecule has 1 aliphatic rings. The lowest BCUT2D eigenvalue weighted by atomic mass is 9.92. The van der Waals surface area contributed by atoms with E-state index in [1.165, 1.54) is 6.26 Å². The van der Waals surface area contributed by atoms with E-state index in [1.807, 2.05) is 24.3 Å². The van der Waals surface area contributed by atoms with E-state index in [2.05, 4.69) is 0 Å². The van der Waals surface area contributed by atoms with Crippen molar-refractivity contribution in [2.45, 2.75) is 12.5 Å².